The number of esters is 1. The van der Waals surface area contributed by atoms with Crippen LogP contribution in [0.5, 0.6) is 0 Å². The number of amides is 1. The van der Waals surface area contributed by atoms with Gasteiger partial charge in [0.1, 0.15) is 11.2 Å². The molecule has 0 bridgehead atoms. The summed E-state index contributed by atoms with van der Waals surface area (Å²) in [7, 11) is 0. The zero-order valence-corrected chi connectivity index (χ0v) is 20.6. The van der Waals surface area contributed by atoms with Gasteiger partial charge >= 0.3 is 12.1 Å². The summed E-state index contributed by atoms with van der Waals surface area (Å²) >= 11 is 0. The number of alkyl carbamates (subject to hydrolysis) is 1. The van der Waals surface area contributed by atoms with Gasteiger partial charge in [-0.3, -0.25) is 4.79 Å². The van der Waals surface area contributed by atoms with Gasteiger partial charge in [0.05, 0.1) is 12.0 Å². The Hall–Kier alpha value is -3.08. The molecule has 178 valence electrons. The smallest absolute Gasteiger partial charge is 0.408 e. The summed E-state index contributed by atoms with van der Waals surface area (Å²) in [6, 6.07) is 19.4. The first-order valence-electron chi connectivity index (χ1n) is 11.4. The molecule has 0 unspecified atom stereocenters. The standard InChI is InChI=1S/C28H37NO4/c1-27(2,3)32-25(30)23(19-21-13-9-7-10-14-21)17-18-24(20-22-15-11-8-12-16-22)29-26(31)33-28(4,5)6/h7-18,23-24H,19-20H2,1-6H3,(H,29,31)/b18-17+/t23-,24-/m1/s1. The van der Waals surface area contributed by atoms with Crippen LogP contribution >= 0.6 is 0 Å². The van der Waals surface area contributed by atoms with Gasteiger partial charge in [-0.1, -0.05) is 72.8 Å². The maximum atomic E-state index is 13.0. The molecule has 0 fully saturated rings. The summed E-state index contributed by atoms with van der Waals surface area (Å²) in [6.07, 6.45) is 4.30. The molecule has 2 rings (SSSR count). The maximum Gasteiger partial charge on any atom is 0.408 e. The van der Waals surface area contributed by atoms with Crippen LogP contribution in [0.4, 0.5) is 4.79 Å². The number of nitrogens with one attached hydrogen (secondary N) is 1. The highest BCUT2D eigenvalue weighted by Gasteiger charge is 2.25. The van der Waals surface area contributed by atoms with E-state index in [0.29, 0.717) is 12.8 Å². The highest BCUT2D eigenvalue weighted by atomic mass is 16.6. The van der Waals surface area contributed by atoms with Crippen molar-refractivity contribution >= 4 is 12.1 Å². The number of carbonyl (C=O) groups excluding carboxylic acids is 2. The van der Waals surface area contributed by atoms with E-state index < -0.39 is 23.2 Å². The molecule has 2 aromatic rings. The minimum absolute atomic E-state index is 0.293. The van der Waals surface area contributed by atoms with Gasteiger partial charge in [-0.05, 0) is 65.5 Å². The van der Waals surface area contributed by atoms with Crippen LogP contribution in [0.15, 0.2) is 72.8 Å². The lowest BCUT2D eigenvalue weighted by molar-refractivity contribution is -0.158. The minimum Gasteiger partial charge on any atom is -0.460 e. The topological polar surface area (TPSA) is 64.6 Å². The molecule has 0 aromatic heterocycles. The van der Waals surface area contributed by atoms with E-state index in [-0.39, 0.29) is 12.0 Å². The zero-order valence-electron chi connectivity index (χ0n) is 20.6. The lowest BCUT2D eigenvalue weighted by atomic mass is 9.96. The van der Waals surface area contributed by atoms with Crippen molar-refractivity contribution in [1.82, 2.24) is 5.32 Å². The molecule has 2 aromatic carbocycles. The highest BCUT2D eigenvalue weighted by molar-refractivity contribution is 5.75. The molecule has 1 amide bonds. The Labute approximate surface area is 198 Å². The highest BCUT2D eigenvalue weighted by Crippen LogP contribution is 2.18. The molecule has 0 radical (unpaired) electrons. The van der Waals surface area contributed by atoms with Crippen LogP contribution in [0.2, 0.25) is 0 Å². The van der Waals surface area contributed by atoms with Crippen molar-refractivity contribution in [2.75, 3.05) is 0 Å². The van der Waals surface area contributed by atoms with E-state index >= 15 is 0 Å². The predicted molar refractivity (Wildman–Crippen MR) is 132 cm³/mol. The Morgan fingerprint density at radius 1 is 0.758 bits per heavy atom. The lowest BCUT2D eigenvalue weighted by Gasteiger charge is -2.24. The van der Waals surface area contributed by atoms with E-state index in [4.69, 9.17) is 9.47 Å². The Morgan fingerprint density at radius 2 is 1.24 bits per heavy atom. The summed E-state index contributed by atoms with van der Waals surface area (Å²) in [5.41, 5.74) is 0.924. The average molecular weight is 452 g/mol. The number of benzene rings is 2. The van der Waals surface area contributed by atoms with E-state index in [2.05, 4.69) is 5.32 Å². The zero-order chi connectivity index (χ0) is 24.5. The van der Waals surface area contributed by atoms with E-state index in [0.717, 1.165) is 11.1 Å². The molecule has 0 heterocycles. The molecule has 0 aliphatic rings. The molecule has 2 atom stereocenters. The van der Waals surface area contributed by atoms with Crippen LogP contribution in [0.3, 0.4) is 0 Å². The molecule has 0 aliphatic heterocycles. The molecule has 5 heteroatoms. The first-order valence-corrected chi connectivity index (χ1v) is 11.4. The Bertz CT molecular complexity index is 908. The third kappa shape index (κ3) is 10.9. The summed E-state index contributed by atoms with van der Waals surface area (Å²) < 4.78 is 11.1. The monoisotopic (exact) mass is 451 g/mol. The quantitative estimate of drug-likeness (QED) is 0.402. The number of rotatable bonds is 8. The number of ether oxygens (including phenoxy) is 2. The van der Waals surface area contributed by atoms with Gasteiger partial charge < -0.3 is 14.8 Å². The number of carbonyl (C=O) groups is 2. The van der Waals surface area contributed by atoms with Crippen LogP contribution in [0.1, 0.15) is 52.7 Å². The SMILES string of the molecule is CC(C)(C)OC(=O)N[C@H](/C=C/[C@H](Cc1ccccc1)C(=O)OC(C)(C)C)Cc1ccccc1. The van der Waals surface area contributed by atoms with E-state index in [1.165, 1.54) is 0 Å². The van der Waals surface area contributed by atoms with Crippen LogP contribution in [0, 0.1) is 5.92 Å². The number of hydrogen-bond donors (Lipinski definition) is 1. The van der Waals surface area contributed by atoms with Crippen LogP contribution in [-0.2, 0) is 27.1 Å². The molecule has 0 aliphatic carbocycles. The van der Waals surface area contributed by atoms with Crippen LogP contribution in [-0.4, -0.2) is 29.3 Å². The number of hydrogen-bond acceptors (Lipinski definition) is 4. The second-order valence-corrected chi connectivity index (χ2v) is 10.2. The molecule has 0 saturated carbocycles. The average Bonchev–Trinajstić information content (AvgIpc) is 2.69. The second kappa shape index (κ2) is 11.7. The normalized spacial score (nSPS) is 13.9. The molecular weight excluding hydrogens is 414 g/mol. The van der Waals surface area contributed by atoms with Crippen molar-refractivity contribution in [3.63, 3.8) is 0 Å². The van der Waals surface area contributed by atoms with Crippen LogP contribution in [0.25, 0.3) is 0 Å². The molecule has 0 saturated heterocycles. The van der Waals surface area contributed by atoms with Crippen molar-refractivity contribution in [1.29, 1.82) is 0 Å². The van der Waals surface area contributed by atoms with E-state index in [9.17, 15) is 9.59 Å². The molecule has 33 heavy (non-hydrogen) atoms. The molecule has 5 nitrogen and oxygen atoms in total. The summed E-state index contributed by atoms with van der Waals surface area (Å²) in [6.45, 7) is 11.1. The summed E-state index contributed by atoms with van der Waals surface area (Å²) in [5, 5.41) is 2.93. The Kier molecular flexibility index (Phi) is 9.27. The fourth-order valence-electron chi connectivity index (χ4n) is 3.24. The Balaban J connectivity index is 2.25. The summed E-state index contributed by atoms with van der Waals surface area (Å²) in [4.78, 5) is 25.4. The maximum absolute atomic E-state index is 13.0. The molecule has 0 spiro atoms. The third-order valence-electron chi connectivity index (χ3n) is 4.58. The first kappa shape index (κ1) is 26.2. The van der Waals surface area contributed by atoms with Gasteiger partial charge in [-0.25, -0.2) is 4.79 Å². The van der Waals surface area contributed by atoms with E-state index in [1.54, 1.807) is 0 Å². The van der Waals surface area contributed by atoms with Gasteiger partial charge in [0.2, 0.25) is 0 Å². The third-order valence-corrected chi connectivity index (χ3v) is 4.58. The minimum atomic E-state index is -0.600. The Morgan fingerprint density at radius 3 is 1.73 bits per heavy atom. The van der Waals surface area contributed by atoms with Crippen molar-refractivity contribution in [2.24, 2.45) is 5.92 Å². The van der Waals surface area contributed by atoms with Gasteiger partial charge in [0, 0.05) is 0 Å². The second-order valence-electron chi connectivity index (χ2n) is 10.2. The van der Waals surface area contributed by atoms with Crippen molar-refractivity contribution in [3.8, 4) is 0 Å². The van der Waals surface area contributed by atoms with Crippen molar-refractivity contribution in [3.05, 3.63) is 83.9 Å². The molecular formula is C28H37NO4. The lowest BCUT2D eigenvalue weighted by Crippen LogP contribution is -2.39. The predicted octanol–water partition coefficient (Wildman–Crippen LogP) is 5.88. The fraction of sp³-hybridized carbons (Fsp3) is 0.429. The van der Waals surface area contributed by atoms with Gasteiger partial charge in [0.15, 0.2) is 0 Å². The van der Waals surface area contributed by atoms with Gasteiger partial charge in [-0.2, -0.15) is 0 Å². The van der Waals surface area contributed by atoms with E-state index in [1.807, 2.05) is 114 Å². The summed E-state index contributed by atoms with van der Waals surface area (Å²) in [5.74, 6) is -0.774. The first-order chi connectivity index (χ1) is 15.4. The van der Waals surface area contributed by atoms with Crippen LogP contribution < -0.4 is 5.32 Å². The van der Waals surface area contributed by atoms with Crippen molar-refractivity contribution < 1.29 is 19.1 Å². The van der Waals surface area contributed by atoms with Gasteiger partial charge in [0.25, 0.3) is 0 Å². The largest absolute Gasteiger partial charge is 0.460 e. The van der Waals surface area contributed by atoms with Gasteiger partial charge in [-0.15, -0.1) is 0 Å². The fourth-order valence-corrected chi connectivity index (χ4v) is 3.24. The van der Waals surface area contributed by atoms with Crippen molar-refractivity contribution in [2.45, 2.75) is 71.6 Å². The molecule has 1 N–H and O–H groups in total.